The first kappa shape index (κ1) is 8.54. The van der Waals surface area contributed by atoms with Gasteiger partial charge in [0.25, 0.3) is 0 Å². The van der Waals surface area contributed by atoms with E-state index >= 15 is 0 Å². The Hall–Kier alpha value is -1.76. The van der Waals surface area contributed by atoms with E-state index in [9.17, 15) is 0 Å². The third-order valence-corrected chi connectivity index (χ3v) is 3.00. The van der Waals surface area contributed by atoms with Crippen molar-refractivity contribution in [2.24, 2.45) is 0 Å². The normalized spacial score (nSPS) is 10.9. The first-order valence-electron chi connectivity index (χ1n) is 5.23. The first-order chi connectivity index (χ1) is 7.36. The third-order valence-electron chi connectivity index (χ3n) is 3.00. The molecule has 70 valence electrons. The maximum Gasteiger partial charge on any atom is 0.140 e. The smallest absolute Gasteiger partial charge is 0.0813 e. The molecule has 0 fully saturated rings. The SMILES string of the molecule is Bc1cccc2c1ccc1ccccc12. The van der Waals surface area contributed by atoms with Gasteiger partial charge in [0.15, 0.2) is 0 Å². The predicted octanol–water partition coefficient (Wildman–Crippen LogP) is 2.25. The highest BCUT2D eigenvalue weighted by atomic mass is 14.0. The van der Waals surface area contributed by atoms with E-state index in [1.165, 1.54) is 27.0 Å². The van der Waals surface area contributed by atoms with Gasteiger partial charge in [-0.25, -0.2) is 0 Å². The largest absolute Gasteiger partial charge is 0.140 e. The van der Waals surface area contributed by atoms with Crippen molar-refractivity contribution in [2.45, 2.75) is 0 Å². The number of hydrogen-bond donors (Lipinski definition) is 0. The summed E-state index contributed by atoms with van der Waals surface area (Å²) in [6.45, 7) is 0. The van der Waals surface area contributed by atoms with Gasteiger partial charge in [-0.3, -0.25) is 0 Å². The van der Waals surface area contributed by atoms with Gasteiger partial charge >= 0.3 is 0 Å². The molecule has 3 aromatic carbocycles. The summed E-state index contributed by atoms with van der Waals surface area (Å²) >= 11 is 0. The summed E-state index contributed by atoms with van der Waals surface area (Å²) < 4.78 is 0. The molecule has 0 aliphatic carbocycles. The van der Waals surface area contributed by atoms with Crippen molar-refractivity contribution in [1.29, 1.82) is 0 Å². The van der Waals surface area contributed by atoms with Crippen LogP contribution in [0.1, 0.15) is 0 Å². The van der Waals surface area contributed by atoms with E-state index in [4.69, 9.17) is 0 Å². The molecular formula is C14H11B. The van der Waals surface area contributed by atoms with Gasteiger partial charge in [-0.15, -0.1) is 0 Å². The van der Waals surface area contributed by atoms with Crippen molar-refractivity contribution in [3.05, 3.63) is 54.6 Å². The van der Waals surface area contributed by atoms with Gasteiger partial charge in [0.05, 0.1) is 0 Å². The van der Waals surface area contributed by atoms with Crippen molar-refractivity contribution in [1.82, 2.24) is 0 Å². The predicted molar refractivity (Wildman–Crippen MR) is 69.6 cm³/mol. The molecule has 0 spiro atoms. The van der Waals surface area contributed by atoms with Crippen molar-refractivity contribution in [3.8, 4) is 0 Å². The zero-order chi connectivity index (χ0) is 10.3. The van der Waals surface area contributed by atoms with E-state index < -0.39 is 0 Å². The lowest BCUT2D eigenvalue weighted by atomic mass is 9.88. The number of fused-ring (bicyclic) bond motifs is 3. The molecule has 0 N–H and O–H groups in total. The molecular weight excluding hydrogens is 179 g/mol. The van der Waals surface area contributed by atoms with E-state index in [-0.39, 0.29) is 0 Å². The fourth-order valence-electron chi connectivity index (χ4n) is 2.20. The van der Waals surface area contributed by atoms with Crippen molar-refractivity contribution < 1.29 is 0 Å². The standard InChI is InChI=1S/C14H11B/c15-14-7-3-6-12-11-5-2-1-4-10(11)8-9-13(12)14/h1-9H,15H2. The Labute approximate surface area is 89.9 Å². The Balaban J connectivity index is 2.60. The topological polar surface area (TPSA) is 0 Å². The highest BCUT2D eigenvalue weighted by Crippen LogP contribution is 2.23. The van der Waals surface area contributed by atoms with Gasteiger partial charge in [-0.1, -0.05) is 60.1 Å². The van der Waals surface area contributed by atoms with Gasteiger partial charge in [0.1, 0.15) is 7.85 Å². The van der Waals surface area contributed by atoms with Crippen molar-refractivity contribution >= 4 is 34.9 Å². The van der Waals surface area contributed by atoms with Crippen LogP contribution in [0.25, 0.3) is 21.5 Å². The van der Waals surface area contributed by atoms with Gasteiger partial charge < -0.3 is 0 Å². The zero-order valence-corrected chi connectivity index (χ0v) is 8.70. The Kier molecular flexibility index (Phi) is 1.78. The second-order valence-corrected chi connectivity index (χ2v) is 3.96. The van der Waals surface area contributed by atoms with Crippen LogP contribution in [0.5, 0.6) is 0 Å². The average molecular weight is 190 g/mol. The summed E-state index contributed by atoms with van der Waals surface area (Å²) in [7, 11) is 2.16. The fourth-order valence-corrected chi connectivity index (χ4v) is 2.20. The Morgan fingerprint density at radius 1 is 0.600 bits per heavy atom. The number of benzene rings is 3. The Morgan fingerprint density at radius 3 is 2.33 bits per heavy atom. The van der Waals surface area contributed by atoms with Crippen LogP contribution >= 0.6 is 0 Å². The summed E-state index contributed by atoms with van der Waals surface area (Å²) in [5.74, 6) is 0. The summed E-state index contributed by atoms with van der Waals surface area (Å²) in [5.41, 5.74) is 1.35. The molecule has 0 aliphatic heterocycles. The average Bonchev–Trinajstić information content (AvgIpc) is 2.29. The molecule has 0 bridgehead atoms. The van der Waals surface area contributed by atoms with E-state index in [1.807, 2.05) is 0 Å². The molecule has 3 aromatic rings. The van der Waals surface area contributed by atoms with E-state index in [0.29, 0.717) is 0 Å². The molecule has 0 atom stereocenters. The van der Waals surface area contributed by atoms with Gasteiger partial charge in [-0.2, -0.15) is 0 Å². The Morgan fingerprint density at radius 2 is 1.40 bits per heavy atom. The Bertz CT molecular complexity index is 641. The zero-order valence-electron chi connectivity index (χ0n) is 8.70. The fraction of sp³-hybridized carbons (Fsp3) is 0. The second kappa shape index (κ2) is 3.13. The molecule has 0 saturated carbocycles. The monoisotopic (exact) mass is 190 g/mol. The molecule has 0 aromatic heterocycles. The highest BCUT2D eigenvalue weighted by Gasteiger charge is 2.00. The number of hydrogen-bond acceptors (Lipinski definition) is 0. The van der Waals surface area contributed by atoms with Crippen LogP contribution in [-0.4, -0.2) is 7.85 Å². The van der Waals surface area contributed by atoms with Gasteiger partial charge in [0.2, 0.25) is 0 Å². The van der Waals surface area contributed by atoms with Gasteiger partial charge in [-0.05, 0) is 21.5 Å². The van der Waals surface area contributed by atoms with Crippen LogP contribution in [0.4, 0.5) is 0 Å². The summed E-state index contributed by atoms with van der Waals surface area (Å²) in [4.78, 5) is 0. The van der Waals surface area contributed by atoms with E-state index in [0.717, 1.165) is 0 Å². The van der Waals surface area contributed by atoms with Crippen molar-refractivity contribution in [3.63, 3.8) is 0 Å². The minimum Gasteiger partial charge on any atom is -0.0813 e. The number of rotatable bonds is 0. The van der Waals surface area contributed by atoms with Crippen molar-refractivity contribution in [2.75, 3.05) is 0 Å². The lowest BCUT2D eigenvalue weighted by Crippen LogP contribution is -2.02. The summed E-state index contributed by atoms with van der Waals surface area (Å²) in [6, 6.07) is 19.5. The van der Waals surface area contributed by atoms with Crippen LogP contribution < -0.4 is 5.46 Å². The lowest BCUT2D eigenvalue weighted by Gasteiger charge is -2.05. The minimum absolute atomic E-state index is 1.32. The summed E-state index contributed by atoms with van der Waals surface area (Å²) in [5, 5.41) is 5.37. The minimum atomic E-state index is 1.32. The molecule has 0 unspecified atom stereocenters. The van der Waals surface area contributed by atoms with E-state index in [2.05, 4.69) is 62.4 Å². The molecule has 15 heavy (non-hydrogen) atoms. The molecule has 0 saturated heterocycles. The molecule has 0 amide bonds. The maximum absolute atomic E-state index is 2.22. The second-order valence-electron chi connectivity index (χ2n) is 3.96. The maximum atomic E-state index is 2.22. The molecule has 0 nitrogen and oxygen atoms in total. The van der Waals surface area contributed by atoms with Crippen LogP contribution in [0.15, 0.2) is 54.6 Å². The molecule has 0 aliphatic rings. The molecule has 0 heterocycles. The summed E-state index contributed by atoms with van der Waals surface area (Å²) in [6.07, 6.45) is 0. The third kappa shape index (κ3) is 1.24. The lowest BCUT2D eigenvalue weighted by molar-refractivity contribution is 1.79. The van der Waals surface area contributed by atoms with Crippen LogP contribution in [-0.2, 0) is 0 Å². The highest BCUT2D eigenvalue weighted by molar-refractivity contribution is 6.39. The van der Waals surface area contributed by atoms with Crippen LogP contribution in [0.2, 0.25) is 0 Å². The quantitative estimate of drug-likeness (QED) is 0.376. The molecule has 3 rings (SSSR count). The van der Waals surface area contributed by atoms with Crippen LogP contribution in [0.3, 0.4) is 0 Å². The van der Waals surface area contributed by atoms with Gasteiger partial charge in [0, 0.05) is 0 Å². The first-order valence-corrected chi connectivity index (χ1v) is 5.23. The molecule has 0 radical (unpaired) electrons. The van der Waals surface area contributed by atoms with Crippen LogP contribution in [0, 0.1) is 0 Å². The molecule has 1 heteroatoms. The van der Waals surface area contributed by atoms with E-state index in [1.54, 1.807) is 0 Å².